The lowest BCUT2D eigenvalue weighted by Gasteiger charge is -2.37. The van der Waals surface area contributed by atoms with Crippen molar-refractivity contribution in [3.63, 3.8) is 0 Å². The van der Waals surface area contributed by atoms with E-state index in [1.165, 1.54) is 0 Å². The first-order valence-corrected chi connectivity index (χ1v) is 8.55. The number of ether oxygens (including phenoxy) is 1. The van der Waals surface area contributed by atoms with Gasteiger partial charge in [-0.05, 0) is 19.1 Å². The predicted molar refractivity (Wildman–Crippen MR) is 96.2 cm³/mol. The highest BCUT2D eigenvalue weighted by molar-refractivity contribution is 5.97. The molecule has 2 aromatic heterocycles. The van der Waals surface area contributed by atoms with E-state index < -0.39 is 0 Å². The Kier molecular flexibility index (Phi) is 4.30. The third-order valence-electron chi connectivity index (χ3n) is 4.76. The number of nitrogens with one attached hydrogen (secondary N) is 1. The number of hydrogen-bond donors (Lipinski definition) is 1. The fraction of sp³-hybridized carbons (Fsp3) is 0.316. The summed E-state index contributed by atoms with van der Waals surface area (Å²) in [5, 5.41) is 8.03. The lowest BCUT2D eigenvalue weighted by atomic mass is 10.0. The van der Waals surface area contributed by atoms with Crippen LogP contribution in [0.25, 0.3) is 11.1 Å². The Morgan fingerprint density at radius 3 is 3.08 bits per heavy atom. The summed E-state index contributed by atoms with van der Waals surface area (Å²) in [5.41, 5.74) is 2.70. The van der Waals surface area contributed by atoms with Gasteiger partial charge in [-0.1, -0.05) is 23.4 Å². The number of fused-ring (bicyclic) bond motifs is 1. The molecule has 7 nitrogen and oxygen atoms in total. The highest BCUT2D eigenvalue weighted by Crippen LogP contribution is 2.31. The van der Waals surface area contributed by atoms with Crippen molar-refractivity contribution in [2.45, 2.75) is 13.0 Å². The number of aromatic nitrogens is 2. The minimum atomic E-state index is -0.105. The Balaban J connectivity index is 1.70. The molecule has 1 fully saturated rings. The number of carbonyl (C=O) groups excluding carboxylic acids is 1. The second kappa shape index (κ2) is 6.76. The van der Waals surface area contributed by atoms with Gasteiger partial charge >= 0.3 is 0 Å². The van der Waals surface area contributed by atoms with E-state index in [0.29, 0.717) is 24.4 Å². The monoisotopic (exact) mass is 352 g/mol. The van der Waals surface area contributed by atoms with E-state index in [0.717, 1.165) is 28.9 Å². The van der Waals surface area contributed by atoms with Gasteiger partial charge in [0.1, 0.15) is 5.75 Å². The van der Waals surface area contributed by atoms with E-state index >= 15 is 0 Å². The summed E-state index contributed by atoms with van der Waals surface area (Å²) in [4.78, 5) is 19.3. The Bertz CT molecular complexity index is 953. The standard InChI is InChI=1S/C19H20N4O3/c1-12-15-9-13(10-21-18(15)26-22-12)19(24)23-8-7-20-11-16(23)14-5-3-4-6-17(14)25-2/h3-6,9-10,16,20H,7-8,11H2,1-2H3. The van der Waals surface area contributed by atoms with E-state index in [1.54, 1.807) is 19.4 Å². The van der Waals surface area contributed by atoms with Gasteiger partial charge in [-0.2, -0.15) is 0 Å². The molecule has 26 heavy (non-hydrogen) atoms. The van der Waals surface area contributed by atoms with Crippen LogP contribution in [-0.4, -0.2) is 47.7 Å². The molecule has 4 rings (SSSR count). The molecular weight excluding hydrogens is 332 g/mol. The average Bonchev–Trinajstić information content (AvgIpc) is 3.07. The number of methoxy groups -OCH3 is 1. The molecule has 0 aliphatic carbocycles. The molecule has 1 aliphatic heterocycles. The molecule has 1 aliphatic rings. The number of nitrogens with zero attached hydrogens (tertiary/aromatic N) is 3. The Hall–Kier alpha value is -2.93. The van der Waals surface area contributed by atoms with Gasteiger partial charge in [-0.25, -0.2) is 4.98 Å². The molecule has 3 aromatic rings. The van der Waals surface area contributed by atoms with Gasteiger partial charge in [0.25, 0.3) is 11.6 Å². The number of hydrogen-bond acceptors (Lipinski definition) is 6. The van der Waals surface area contributed by atoms with E-state index in [-0.39, 0.29) is 11.9 Å². The molecule has 3 heterocycles. The summed E-state index contributed by atoms with van der Waals surface area (Å²) in [6.07, 6.45) is 1.55. The molecule has 7 heteroatoms. The number of amides is 1. The quantitative estimate of drug-likeness (QED) is 0.779. The van der Waals surface area contributed by atoms with Crippen LogP contribution < -0.4 is 10.1 Å². The van der Waals surface area contributed by atoms with Crippen LogP contribution in [0.5, 0.6) is 5.75 Å². The van der Waals surface area contributed by atoms with E-state index in [2.05, 4.69) is 15.5 Å². The smallest absolute Gasteiger partial charge is 0.257 e. The first-order chi connectivity index (χ1) is 12.7. The Labute approximate surface area is 150 Å². The van der Waals surface area contributed by atoms with E-state index in [9.17, 15) is 4.79 Å². The maximum atomic E-state index is 13.2. The molecule has 0 bridgehead atoms. The summed E-state index contributed by atoms with van der Waals surface area (Å²) in [7, 11) is 1.65. The van der Waals surface area contributed by atoms with E-state index in [1.807, 2.05) is 36.1 Å². The SMILES string of the molecule is COc1ccccc1C1CNCCN1C(=O)c1cnc2onc(C)c2c1. The zero-order chi connectivity index (χ0) is 18.1. The van der Waals surface area contributed by atoms with Gasteiger partial charge in [0.05, 0.1) is 29.8 Å². The first kappa shape index (κ1) is 16.5. The number of para-hydroxylation sites is 1. The van der Waals surface area contributed by atoms with Crippen molar-refractivity contribution in [3.05, 3.63) is 53.3 Å². The van der Waals surface area contributed by atoms with Crippen molar-refractivity contribution in [1.82, 2.24) is 20.4 Å². The fourth-order valence-corrected chi connectivity index (χ4v) is 3.39. The van der Waals surface area contributed by atoms with Gasteiger partial charge in [0.15, 0.2) is 0 Å². The number of rotatable bonds is 3. The molecule has 0 spiro atoms. The third kappa shape index (κ3) is 2.80. The normalized spacial score (nSPS) is 17.5. The predicted octanol–water partition coefficient (Wildman–Crippen LogP) is 2.33. The number of piperazine rings is 1. The van der Waals surface area contributed by atoms with Crippen LogP contribution in [-0.2, 0) is 0 Å². The molecule has 134 valence electrons. The summed E-state index contributed by atoms with van der Waals surface area (Å²) < 4.78 is 10.6. The molecule has 0 saturated carbocycles. The average molecular weight is 352 g/mol. The molecule has 1 saturated heterocycles. The summed E-state index contributed by atoms with van der Waals surface area (Å²) >= 11 is 0. The molecule has 1 unspecified atom stereocenters. The first-order valence-electron chi connectivity index (χ1n) is 8.55. The summed E-state index contributed by atoms with van der Waals surface area (Å²) in [6, 6.07) is 9.51. The fourth-order valence-electron chi connectivity index (χ4n) is 3.39. The Morgan fingerprint density at radius 1 is 1.38 bits per heavy atom. The second-order valence-corrected chi connectivity index (χ2v) is 6.31. The molecule has 1 aromatic carbocycles. The maximum absolute atomic E-state index is 13.2. The van der Waals surface area contributed by atoms with Crippen molar-refractivity contribution >= 4 is 17.0 Å². The Morgan fingerprint density at radius 2 is 2.23 bits per heavy atom. The molecular formula is C19H20N4O3. The highest BCUT2D eigenvalue weighted by Gasteiger charge is 2.30. The third-order valence-corrected chi connectivity index (χ3v) is 4.76. The van der Waals surface area contributed by atoms with Gasteiger partial charge < -0.3 is 19.5 Å². The topological polar surface area (TPSA) is 80.5 Å². The van der Waals surface area contributed by atoms with Gasteiger partial charge in [-0.3, -0.25) is 4.79 Å². The van der Waals surface area contributed by atoms with Crippen molar-refractivity contribution < 1.29 is 14.1 Å². The van der Waals surface area contributed by atoms with Crippen LogP contribution in [0.2, 0.25) is 0 Å². The highest BCUT2D eigenvalue weighted by atomic mass is 16.5. The largest absolute Gasteiger partial charge is 0.496 e. The lowest BCUT2D eigenvalue weighted by molar-refractivity contribution is 0.0631. The molecule has 1 atom stereocenters. The van der Waals surface area contributed by atoms with Crippen molar-refractivity contribution in [1.29, 1.82) is 0 Å². The number of aryl methyl sites for hydroxylation is 1. The van der Waals surface area contributed by atoms with Crippen LogP contribution in [0.3, 0.4) is 0 Å². The van der Waals surface area contributed by atoms with Gasteiger partial charge in [-0.15, -0.1) is 0 Å². The minimum Gasteiger partial charge on any atom is -0.496 e. The molecule has 1 amide bonds. The minimum absolute atomic E-state index is 0.0580. The van der Waals surface area contributed by atoms with E-state index in [4.69, 9.17) is 9.26 Å². The zero-order valence-electron chi connectivity index (χ0n) is 14.7. The van der Waals surface area contributed by atoms with Gasteiger partial charge in [0.2, 0.25) is 0 Å². The summed E-state index contributed by atoms with van der Waals surface area (Å²) in [6.45, 7) is 3.87. The summed E-state index contributed by atoms with van der Waals surface area (Å²) in [5.74, 6) is 0.722. The van der Waals surface area contributed by atoms with Crippen molar-refractivity contribution in [2.24, 2.45) is 0 Å². The second-order valence-electron chi connectivity index (χ2n) is 6.31. The van der Waals surface area contributed by atoms with Crippen LogP contribution in [0.1, 0.15) is 27.7 Å². The van der Waals surface area contributed by atoms with Crippen LogP contribution in [0.4, 0.5) is 0 Å². The van der Waals surface area contributed by atoms with Crippen molar-refractivity contribution in [3.8, 4) is 5.75 Å². The number of carbonyl (C=O) groups is 1. The van der Waals surface area contributed by atoms with Crippen LogP contribution in [0, 0.1) is 6.92 Å². The number of benzene rings is 1. The van der Waals surface area contributed by atoms with Crippen LogP contribution >= 0.6 is 0 Å². The number of pyridine rings is 1. The lowest BCUT2D eigenvalue weighted by Crippen LogP contribution is -2.48. The molecule has 0 radical (unpaired) electrons. The molecule has 1 N–H and O–H groups in total. The maximum Gasteiger partial charge on any atom is 0.257 e. The van der Waals surface area contributed by atoms with Crippen LogP contribution in [0.15, 0.2) is 41.1 Å². The van der Waals surface area contributed by atoms with Gasteiger partial charge in [0, 0.05) is 31.4 Å². The zero-order valence-corrected chi connectivity index (χ0v) is 14.7. The van der Waals surface area contributed by atoms with Crippen molar-refractivity contribution in [2.75, 3.05) is 26.7 Å².